The molecule has 114 valence electrons. The van der Waals surface area contributed by atoms with Crippen LogP contribution in [0.5, 0.6) is 0 Å². The molecule has 0 amide bonds. The second-order valence-corrected chi connectivity index (χ2v) is 5.94. The Balaban J connectivity index is 2.38. The van der Waals surface area contributed by atoms with Crippen LogP contribution in [0.15, 0.2) is 48.1 Å². The van der Waals surface area contributed by atoms with E-state index < -0.39 is 26.0 Å². The maximum atomic E-state index is 12.3. The van der Waals surface area contributed by atoms with Gasteiger partial charge < -0.3 is 0 Å². The third-order valence-corrected chi connectivity index (χ3v) is 3.72. The first-order valence-corrected chi connectivity index (χ1v) is 6.69. The molecule has 1 aliphatic rings. The van der Waals surface area contributed by atoms with Gasteiger partial charge in [0.2, 0.25) is 4.33 Å². The number of nitro benzene ring substituents is 1. The van der Waals surface area contributed by atoms with Crippen molar-refractivity contribution in [2.24, 2.45) is 0 Å². The van der Waals surface area contributed by atoms with E-state index in [1.165, 1.54) is 24.3 Å². The summed E-state index contributed by atoms with van der Waals surface area (Å²) in [4.78, 5) is 32.7. The molecular formula is C13H8Cl2N2O5. The van der Waals surface area contributed by atoms with Crippen LogP contribution in [0.1, 0.15) is 10.4 Å². The summed E-state index contributed by atoms with van der Waals surface area (Å²) < 4.78 is -1.75. The molecule has 0 saturated heterocycles. The van der Waals surface area contributed by atoms with Gasteiger partial charge in [0, 0.05) is 34.3 Å². The van der Waals surface area contributed by atoms with Crippen molar-refractivity contribution in [3.63, 3.8) is 0 Å². The van der Waals surface area contributed by atoms with E-state index in [1.807, 2.05) is 0 Å². The van der Waals surface area contributed by atoms with Crippen LogP contribution in [0.4, 0.5) is 5.69 Å². The average molecular weight is 343 g/mol. The summed E-state index contributed by atoms with van der Waals surface area (Å²) in [7, 11) is 0. The Morgan fingerprint density at radius 1 is 1.23 bits per heavy atom. The van der Waals surface area contributed by atoms with E-state index in [0.29, 0.717) is 0 Å². The summed E-state index contributed by atoms with van der Waals surface area (Å²) in [6.07, 6.45) is 3.45. The van der Waals surface area contributed by atoms with E-state index in [1.54, 1.807) is 0 Å². The Hall–Kier alpha value is -2.25. The molecule has 7 nitrogen and oxygen atoms in total. The van der Waals surface area contributed by atoms with Gasteiger partial charge in [-0.05, 0) is 6.08 Å². The lowest BCUT2D eigenvalue weighted by molar-refractivity contribution is -0.510. The molecule has 1 aliphatic carbocycles. The van der Waals surface area contributed by atoms with E-state index in [0.717, 1.165) is 18.2 Å². The highest BCUT2D eigenvalue weighted by atomic mass is 35.5. The van der Waals surface area contributed by atoms with Crippen LogP contribution >= 0.6 is 23.2 Å². The van der Waals surface area contributed by atoms with Crippen molar-refractivity contribution in [3.8, 4) is 0 Å². The van der Waals surface area contributed by atoms with Crippen LogP contribution in [0.3, 0.4) is 0 Å². The lowest BCUT2D eigenvalue weighted by Gasteiger charge is -2.21. The number of hydrogen-bond donors (Lipinski definition) is 0. The number of carbonyl (C=O) groups excluding carboxylic acids is 1. The van der Waals surface area contributed by atoms with Crippen LogP contribution in [-0.4, -0.2) is 26.0 Å². The maximum absolute atomic E-state index is 12.3. The standard InChI is InChI=1S/C13H8Cl2N2O5/c14-13(15)5-4-9(7-11(13)17(21)22)12(18)8-2-1-3-10(6-8)16(19)20/h1-7,11H. The van der Waals surface area contributed by atoms with Crippen molar-refractivity contribution in [3.05, 3.63) is 73.9 Å². The Labute approximate surface area is 134 Å². The third-order valence-electron chi connectivity index (χ3n) is 3.03. The molecule has 0 fully saturated rings. The minimum atomic E-state index is -1.75. The number of benzene rings is 1. The number of Topliss-reactive ketones (excluding diaryl/α,β-unsaturated/α-hetero) is 1. The van der Waals surface area contributed by atoms with Gasteiger partial charge in [-0.1, -0.05) is 41.4 Å². The molecule has 0 saturated carbocycles. The van der Waals surface area contributed by atoms with Crippen molar-refractivity contribution < 1.29 is 14.6 Å². The molecule has 2 rings (SSSR count). The molecule has 1 aromatic rings. The molecule has 0 aliphatic heterocycles. The number of non-ortho nitro benzene ring substituents is 1. The highest BCUT2D eigenvalue weighted by Crippen LogP contribution is 2.34. The van der Waals surface area contributed by atoms with Crippen molar-refractivity contribution in [2.75, 3.05) is 0 Å². The van der Waals surface area contributed by atoms with Crippen LogP contribution in [0.2, 0.25) is 0 Å². The molecule has 1 atom stereocenters. The smallest absolute Gasteiger partial charge is 0.270 e. The molecule has 0 spiro atoms. The van der Waals surface area contributed by atoms with Gasteiger partial charge >= 0.3 is 0 Å². The monoisotopic (exact) mass is 342 g/mol. The van der Waals surface area contributed by atoms with Gasteiger partial charge in [-0.3, -0.25) is 25.0 Å². The number of nitro groups is 2. The van der Waals surface area contributed by atoms with Gasteiger partial charge in [-0.15, -0.1) is 0 Å². The summed E-state index contributed by atoms with van der Waals surface area (Å²) in [5, 5.41) is 21.7. The van der Waals surface area contributed by atoms with Gasteiger partial charge in [0.05, 0.1) is 4.92 Å². The number of carbonyl (C=O) groups is 1. The molecule has 1 aromatic carbocycles. The molecule has 0 bridgehead atoms. The number of ketones is 1. The van der Waals surface area contributed by atoms with Crippen molar-refractivity contribution >= 4 is 34.7 Å². The summed E-state index contributed by atoms with van der Waals surface area (Å²) in [5.74, 6) is -0.587. The number of hydrogen-bond acceptors (Lipinski definition) is 5. The van der Waals surface area contributed by atoms with E-state index in [-0.39, 0.29) is 16.8 Å². The normalized spacial score (nSPS) is 19.4. The second kappa shape index (κ2) is 5.86. The van der Waals surface area contributed by atoms with Crippen molar-refractivity contribution in [1.29, 1.82) is 0 Å². The van der Waals surface area contributed by atoms with E-state index in [2.05, 4.69) is 0 Å². The van der Waals surface area contributed by atoms with Crippen LogP contribution in [-0.2, 0) is 0 Å². The van der Waals surface area contributed by atoms with Crippen LogP contribution < -0.4 is 0 Å². The minimum Gasteiger partial charge on any atom is -0.289 e. The molecule has 0 heterocycles. The first-order chi connectivity index (χ1) is 10.2. The largest absolute Gasteiger partial charge is 0.289 e. The van der Waals surface area contributed by atoms with E-state index in [4.69, 9.17) is 23.2 Å². The van der Waals surface area contributed by atoms with Crippen molar-refractivity contribution in [1.82, 2.24) is 0 Å². The number of nitrogens with zero attached hydrogens (tertiary/aromatic N) is 2. The molecule has 0 N–H and O–H groups in total. The summed E-state index contributed by atoms with van der Waals surface area (Å²) in [6.45, 7) is 0. The van der Waals surface area contributed by atoms with Crippen LogP contribution in [0, 0.1) is 20.2 Å². The van der Waals surface area contributed by atoms with Gasteiger partial charge in [-0.25, -0.2) is 0 Å². The zero-order valence-electron chi connectivity index (χ0n) is 10.8. The first kappa shape index (κ1) is 16.1. The fourth-order valence-electron chi connectivity index (χ4n) is 1.92. The zero-order chi connectivity index (χ0) is 16.5. The number of rotatable bonds is 4. The highest BCUT2D eigenvalue weighted by molar-refractivity contribution is 6.50. The lowest BCUT2D eigenvalue weighted by atomic mass is 9.95. The van der Waals surface area contributed by atoms with E-state index in [9.17, 15) is 25.0 Å². The van der Waals surface area contributed by atoms with E-state index >= 15 is 0 Å². The lowest BCUT2D eigenvalue weighted by Crippen LogP contribution is -2.37. The molecule has 22 heavy (non-hydrogen) atoms. The quantitative estimate of drug-likeness (QED) is 0.362. The van der Waals surface area contributed by atoms with Gasteiger partial charge in [-0.2, -0.15) is 0 Å². The number of halogens is 2. The molecule has 1 unspecified atom stereocenters. The average Bonchev–Trinajstić information content (AvgIpc) is 2.46. The number of allylic oxidation sites excluding steroid dienone is 2. The molecule has 9 heteroatoms. The second-order valence-electron chi connectivity index (χ2n) is 4.50. The predicted molar refractivity (Wildman–Crippen MR) is 79.9 cm³/mol. The predicted octanol–water partition coefficient (Wildman–Crippen LogP) is 3.09. The third kappa shape index (κ3) is 3.15. The minimum absolute atomic E-state index is 0.000812. The SMILES string of the molecule is O=C(C1=CC([N+](=O)[O-])C(Cl)(Cl)C=C1)c1cccc([N+](=O)[O-])c1. The van der Waals surface area contributed by atoms with Gasteiger partial charge in [0.15, 0.2) is 5.78 Å². The summed E-state index contributed by atoms with van der Waals surface area (Å²) in [5.41, 5.74) is -0.205. The molecule has 0 radical (unpaired) electrons. The topological polar surface area (TPSA) is 103 Å². The summed E-state index contributed by atoms with van der Waals surface area (Å²) in [6, 6.07) is 3.59. The number of alkyl halides is 2. The maximum Gasteiger partial charge on any atom is 0.270 e. The first-order valence-electron chi connectivity index (χ1n) is 5.94. The highest BCUT2D eigenvalue weighted by Gasteiger charge is 2.43. The Kier molecular flexibility index (Phi) is 4.30. The van der Waals surface area contributed by atoms with Crippen molar-refractivity contribution in [2.45, 2.75) is 10.4 Å². The Bertz CT molecular complexity index is 727. The van der Waals surface area contributed by atoms with Gasteiger partial charge in [0.1, 0.15) is 0 Å². The zero-order valence-corrected chi connectivity index (χ0v) is 12.3. The van der Waals surface area contributed by atoms with Gasteiger partial charge in [0.25, 0.3) is 11.7 Å². The molecule has 0 aromatic heterocycles. The fraction of sp³-hybridized carbons (Fsp3) is 0.154. The Morgan fingerprint density at radius 2 is 1.91 bits per heavy atom. The fourth-order valence-corrected chi connectivity index (χ4v) is 2.33. The molecular weight excluding hydrogens is 335 g/mol. The Morgan fingerprint density at radius 3 is 2.50 bits per heavy atom. The summed E-state index contributed by atoms with van der Waals surface area (Å²) >= 11 is 11.6. The van der Waals surface area contributed by atoms with Crippen LogP contribution in [0.25, 0.3) is 0 Å².